The molecule has 3 aromatic carbocycles. The number of halogens is 5. The van der Waals surface area contributed by atoms with Gasteiger partial charge in [-0.15, -0.1) is 0 Å². The van der Waals surface area contributed by atoms with Crippen molar-refractivity contribution in [2.24, 2.45) is 0 Å². The monoisotopic (exact) mass is 504 g/mol. The van der Waals surface area contributed by atoms with Crippen molar-refractivity contribution in [3.63, 3.8) is 0 Å². The van der Waals surface area contributed by atoms with Crippen LogP contribution in [0.5, 0.6) is 5.75 Å². The van der Waals surface area contributed by atoms with Crippen LogP contribution in [0.4, 0.5) is 13.2 Å². The lowest BCUT2D eigenvalue weighted by molar-refractivity contribution is -0.141. The van der Waals surface area contributed by atoms with Gasteiger partial charge < -0.3 is 4.74 Å². The fourth-order valence-electron chi connectivity index (χ4n) is 3.70. The van der Waals surface area contributed by atoms with E-state index in [1.807, 2.05) is 24.3 Å². The number of ether oxygens (including phenoxy) is 1. The standard InChI is InChI=1S/C26H21Cl2F3N2O/c1-16(2)20-6-3-4-7-21(20)17-10-12-19(13-11-17)34-15-18-14-24(26(29,30)31)32-33(18)25-22(27)8-5-9-23(25)28/h3-14,16H,15H2,1-2H3. The Morgan fingerprint density at radius 3 is 2.18 bits per heavy atom. The molecule has 0 N–H and O–H groups in total. The number of aromatic nitrogens is 2. The first kappa shape index (κ1) is 24.2. The van der Waals surface area contributed by atoms with Crippen LogP contribution in [-0.2, 0) is 12.8 Å². The van der Waals surface area contributed by atoms with Crippen molar-refractivity contribution < 1.29 is 17.9 Å². The highest BCUT2D eigenvalue weighted by molar-refractivity contribution is 6.37. The highest BCUT2D eigenvalue weighted by Gasteiger charge is 2.35. The summed E-state index contributed by atoms with van der Waals surface area (Å²) >= 11 is 12.4. The van der Waals surface area contributed by atoms with Crippen LogP contribution in [0.15, 0.2) is 72.8 Å². The van der Waals surface area contributed by atoms with E-state index in [0.29, 0.717) is 11.7 Å². The maximum absolute atomic E-state index is 13.4. The summed E-state index contributed by atoms with van der Waals surface area (Å²) in [5, 5.41) is 4.07. The molecule has 4 rings (SSSR count). The van der Waals surface area contributed by atoms with Crippen molar-refractivity contribution >= 4 is 23.2 Å². The molecule has 0 aliphatic heterocycles. The van der Waals surface area contributed by atoms with Crippen LogP contribution in [0.25, 0.3) is 16.8 Å². The van der Waals surface area contributed by atoms with Crippen molar-refractivity contribution in [1.29, 1.82) is 0 Å². The van der Waals surface area contributed by atoms with Crippen LogP contribution >= 0.6 is 23.2 Å². The van der Waals surface area contributed by atoms with Gasteiger partial charge in [-0.05, 0) is 52.9 Å². The van der Waals surface area contributed by atoms with Gasteiger partial charge in [-0.25, -0.2) is 4.68 Å². The number of rotatable bonds is 6. The zero-order valence-corrected chi connectivity index (χ0v) is 19.9. The maximum Gasteiger partial charge on any atom is 0.435 e. The summed E-state index contributed by atoms with van der Waals surface area (Å²) in [6.45, 7) is 4.12. The maximum atomic E-state index is 13.4. The third-order valence-corrected chi connectivity index (χ3v) is 5.97. The first-order valence-corrected chi connectivity index (χ1v) is 11.3. The summed E-state index contributed by atoms with van der Waals surface area (Å²) in [4.78, 5) is 0. The van der Waals surface area contributed by atoms with Gasteiger partial charge in [0.15, 0.2) is 5.69 Å². The van der Waals surface area contributed by atoms with Gasteiger partial charge in [0.05, 0.1) is 15.7 Å². The molecule has 0 amide bonds. The molecule has 0 radical (unpaired) electrons. The molecule has 3 nitrogen and oxygen atoms in total. The van der Waals surface area contributed by atoms with Gasteiger partial charge in [-0.3, -0.25) is 0 Å². The van der Waals surface area contributed by atoms with Gasteiger partial charge in [0.1, 0.15) is 18.0 Å². The molecule has 0 atom stereocenters. The number of nitrogens with zero attached hydrogens (tertiary/aromatic N) is 2. The molecule has 176 valence electrons. The minimum atomic E-state index is -4.63. The lowest BCUT2D eigenvalue weighted by Gasteiger charge is -2.14. The van der Waals surface area contributed by atoms with Crippen LogP contribution in [0.3, 0.4) is 0 Å². The molecule has 1 heterocycles. The minimum Gasteiger partial charge on any atom is -0.487 e. The van der Waals surface area contributed by atoms with Gasteiger partial charge in [-0.1, -0.05) is 79.5 Å². The molecule has 4 aromatic rings. The molecule has 0 saturated carbocycles. The van der Waals surface area contributed by atoms with Crippen molar-refractivity contribution in [1.82, 2.24) is 9.78 Å². The van der Waals surface area contributed by atoms with E-state index in [1.54, 1.807) is 18.2 Å². The number of hydrogen-bond donors (Lipinski definition) is 0. The molecule has 0 spiro atoms. The molecule has 0 fully saturated rings. The predicted octanol–water partition coefficient (Wildman–Crippen LogP) is 8.57. The number of para-hydroxylation sites is 1. The molecule has 1 aromatic heterocycles. The fourth-order valence-corrected chi connectivity index (χ4v) is 4.25. The third-order valence-electron chi connectivity index (χ3n) is 5.36. The zero-order valence-electron chi connectivity index (χ0n) is 18.4. The SMILES string of the molecule is CC(C)c1ccccc1-c1ccc(OCc2cc(C(F)(F)F)nn2-c2c(Cl)cccc2Cl)cc1. The molecule has 0 saturated heterocycles. The molecule has 0 aliphatic rings. The Bertz CT molecular complexity index is 1280. The van der Waals surface area contributed by atoms with E-state index in [0.717, 1.165) is 21.9 Å². The normalized spacial score (nSPS) is 11.8. The second-order valence-electron chi connectivity index (χ2n) is 8.06. The van der Waals surface area contributed by atoms with Gasteiger partial charge in [0, 0.05) is 0 Å². The average Bonchev–Trinajstić information content (AvgIpc) is 3.22. The lowest BCUT2D eigenvalue weighted by Crippen LogP contribution is -2.09. The summed E-state index contributed by atoms with van der Waals surface area (Å²) in [6.07, 6.45) is -4.63. The molecule has 0 unspecified atom stereocenters. The number of hydrogen-bond acceptors (Lipinski definition) is 2. The average molecular weight is 505 g/mol. The van der Waals surface area contributed by atoms with Gasteiger partial charge in [-0.2, -0.15) is 18.3 Å². The highest BCUT2D eigenvalue weighted by Crippen LogP contribution is 2.34. The van der Waals surface area contributed by atoms with Crippen LogP contribution in [0.2, 0.25) is 10.0 Å². The van der Waals surface area contributed by atoms with Crippen LogP contribution in [0.1, 0.15) is 36.7 Å². The van der Waals surface area contributed by atoms with E-state index in [9.17, 15) is 13.2 Å². The molecule has 0 bridgehead atoms. The Labute approximate surface area is 205 Å². The second-order valence-corrected chi connectivity index (χ2v) is 8.87. The summed E-state index contributed by atoms with van der Waals surface area (Å²) in [5.41, 5.74) is 2.67. The minimum absolute atomic E-state index is 0.160. The Kier molecular flexibility index (Phi) is 6.91. The van der Waals surface area contributed by atoms with Crippen LogP contribution in [0, 0.1) is 0 Å². The first-order valence-electron chi connectivity index (χ1n) is 10.6. The van der Waals surface area contributed by atoms with Crippen LogP contribution < -0.4 is 4.74 Å². The molecular weight excluding hydrogens is 484 g/mol. The predicted molar refractivity (Wildman–Crippen MR) is 129 cm³/mol. The van der Waals surface area contributed by atoms with E-state index in [4.69, 9.17) is 27.9 Å². The smallest absolute Gasteiger partial charge is 0.435 e. The van der Waals surface area contributed by atoms with Crippen molar-refractivity contribution in [2.45, 2.75) is 32.5 Å². The Morgan fingerprint density at radius 1 is 0.912 bits per heavy atom. The van der Waals surface area contributed by atoms with E-state index < -0.39 is 11.9 Å². The van der Waals surface area contributed by atoms with Gasteiger partial charge >= 0.3 is 6.18 Å². The van der Waals surface area contributed by atoms with Crippen molar-refractivity contribution in [2.75, 3.05) is 0 Å². The van der Waals surface area contributed by atoms with E-state index in [2.05, 4.69) is 31.1 Å². The van der Waals surface area contributed by atoms with Crippen LogP contribution in [-0.4, -0.2) is 9.78 Å². The fraction of sp³-hybridized carbons (Fsp3) is 0.192. The van der Waals surface area contributed by atoms with Crippen molar-refractivity contribution in [3.8, 4) is 22.6 Å². The summed E-state index contributed by atoms with van der Waals surface area (Å²) in [5.74, 6) is 0.879. The highest BCUT2D eigenvalue weighted by atomic mass is 35.5. The molecule has 8 heteroatoms. The van der Waals surface area contributed by atoms with Gasteiger partial charge in [0.2, 0.25) is 0 Å². The van der Waals surface area contributed by atoms with E-state index in [-0.39, 0.29) is 28.0 Å². The van der Waals surface area contributed by atoms with Crippen molar-refractivity contribution in [3.05, 3.63) is 99.8 Å². The summed E-state index contributed by atoms with van der Waals surface area (Å²) < 4.78 is 47.0. The topological polar surface area (TPSA) is 27.1 Å². The Balaban J connectivity index is 1.61. The van der Waals surface area contributed by atoms with E-state index >= 15 is 0 Å². The quantitative estimate of drug-likeness (QED) is 0.263. The number of alkyl halides is 3. The molecule has 0 aliphatic carbocycles. The summed E-state index contributed by atoms with van der Waals surface area (Å²) in [7, 11) is 0. The first-order chi connectivity index (χ1) is 16.1. The molecule has 34 heavy (non-hydrogen) atoms. The lowest BCUT2D eigenvalue weighted by atomic mass is 9.93. The van der Waals surface area contributed by atoms with Gasteiger partial charge in [0.25, 0.3) is 0 Å². The number of benzene rings is 3. The largest absolute Gasteiger partial charge is 0.487 e. The second kappa shape index (κ2) is 9.72. The Morgan fingerprint density at radius 2 is 1.56 bits per heavy atom. The van der Waals surface area contributed by atoms with E-state index in [1.165, 1.54) is 17.7 Å². The summed E-state index contributed by atoms with van der Waals surface area (Å²) in [6, 6.07) is 21.2. The zero-order chi connectivity index (χ0) is 24.5. The Hall–Kier alpha value is -2.96. The molecular formula is C26H21Cl2F3N2O. The third kappa shape index (κ3) is 5.08.